The molecule has 2 N–H and O–H groups in total. The average molecular weight is 212 g/mol. The van der Waals surface area contributed by atoms with Crippen molar-refractivity contribution in [1.29, 1.82) is 0 Å². The molecule has 0 aromatic rings. The van der Waals surface area contributed by atoms with Crippen molar-refractivity contribution in [3.63, 3.8) is 0 Å². The Bertz CT molecular complexity index is 272. The molecule has 15 heavy (non-hydrogen) atoms. The van der Waals surface area contributed by atoms with Crippen LogP contribution in [-0.4, -0.2) is 54.6 Å². The number of likely N-dealkylation sites (N-methyl/N-ethyl adjacent to an activating group) is 1. The van der Waals surface area contributed by atoms with Gasteiger partial charge in [-0.25, -0.2) is 0 Å². The molecule has 3 rings (SSSR count). The lowest BCUT2D eigenvalue weighted by atomic mass is 9.64. The van der Waals surface area contributed by atoms with E-state index in [1.165, 1.54) is 0 Å². The normalized spacial score (nSPS) is 44.7. The Morgan fingerprint density at radius 2 is 2.07 bits per heavy atom. The summed E-state index contributed by atoms with van der Waals surface area (Å²) < 4.78 is 0. The number of fused-ring (bicyclic) bond motifs is 3. The molecule has 0 amide bonds. The van der Waals surface area contributed by atoms with E-state index in [0.29, 0.717) is 6.54 Å². The summed E-state index contributed by atoms with van der Waals surface area (Å²) in [6, 6.07) is 0. The molecule has 0 spiro atoms. The summed E-state index contributed by atoms with van der Waals surface area (Å²) >= 11 is 0. The van der Waals surface area contributed by atoms with E-state index in [1.54, 1.807) is 0 Å². The molecular formula is C11H20N2O2. The van der Waals surface area contributed by atoms with Gasteiger partial charge < -0.3 is 10.4 Å². The molecule has 3 aliphatic rings. The molecule has 3 fully saturated rings. The van der Waals surface area contributed by atoms with Crippen LogP contribution in [0.5, 0.6) is 0 Å². The highest BCUT2D eigenvalue weighted by Crippen LogP contribution is 2.44. The SMILES string of the molecule is CNCC1(CO)C(=O)C2(C)CCN1CC2. The van der Waals surface area contributed by atoms with Crippen LogP contribution < -0.4 is 5.32 Å². The molecule has 3 heterocycles. The smallest absolute Gasteiger partial charge is 0.162 e. The molecule has 3 saturated heterocycles. The third-order valence-corrected chi connectivity index (χ3v) is 4.17. The predicted molar refractivity (Wildman–Crippen MR) is 57.7 cm³/mol. The van der Waals surface area contributed by atoms with Gasteiger partial charge in [-0.3, -0.25) is 9.69 Å². The maximum Gasteiger partial charge on any atom is 0.162 e. The third kappa shape index (κ3) is 1.35. The number of hydrogen-bond donors (Lipinski definition) is 2. The van der Waals surface area contributed by atoms with Crippen molar-refractivity contribution in [2.24, 2.45) is 5.41 Å². The lowest BCUT2D eigenvalue weighted by Gasteiger charge is -2.56. The van der Waals surface area contributed by atoms with Crippen LogP contribution in [-0.2, 0) is 4.79 Å². The molecule has 4 heteroatoms. The van der Waals surface area contributed by atoms with Crippen LogP contribution in [0.4, 0.5) is 0 Å². The Morgan fingerprint density at radius 1 is 1.47 bits per heavy atom. The average Bonchev–Trinajstić information content (AvgIpc) is 2.25. The highest BCUT2D eigenvalue weighted by molar-refractivity contribution is 5.95. The van der Waals surface area contributed by atoms with Crippen molar-refractivity contribution >= 4 is 5.78 Å². The first-order valence-corrected chi connectivity index (χ1v) is 5.64. The Labute approximate surface area is 90.6 Å². The van der Waals surface area contributed by atoms with Crippen molar-refractivity contribution in [2.45, 2.75) is 25.3 Å². The van der Waals surface area contributed by atoms with Gasteiger partial charge in [-0.15, -0.1) is 0 Å². The zero-order valence-corrected chi connectivity index (χ0v) is 9.55. The fourth-order valence-electron chi connectivity index (χ4n) is 3.07. The molecule has 0 radical (unpaired) electrons. The highest BCUT2D eigenvalue weighted by atomic mass is 16.3. The molecule has 0 saturated carbocycles. The zero-order valence-electron chi connectivity index (χ0n) is 9.55. The monoisotopic (exact) mass is 212 g/mol. The Balaban J connectivity index is 2.34. The molecule has 1 atom stereocenters. The molecule has 0 aromatic heterocycles. The number of piperidine rings is 3. The molecule has 0 aliphatic carbocycles. The second-order valence-electron chi connectivity index (χ2n) is 5.10. The first-order chi connectivity index (χ1) is 7.09. The van der Waals surface area contributed by atoms with E-state index in [2.05, 4.69) is 10.2 Å². The minimum atomic E-state index is -0.653. The highest BCUT2D eigenvalue weighted by Gasteiger charge is 2.57. The number of carbonyl (C=O) groups excluding carboxylic acids is 1. The van der Waals surface area contributed by atoms with E-state index in [4.69, 9.17) is 0 Å². The predicted octanol–water partition coefficient (Wildman–Crippen LogP) is -0.378. The van der Waals surface area contributed by atoms with E-state index < -0.39 is 5.54 Å². The van der Waals surface area contributed by atoms with Gasteiger partial charge in [0.15, 0.2) is 5.78 Å². The Hall–Kier alpha value is -0.450. The maximum absolute atomic E-state index is 12.4. The molecule has 3 aliphatic heterocycles. The molecule has 86 valence electrons. The van der Waals surface area contributed by atoms with Gasteiger partial charge >= 0.3 is 0 Å². The molecular weight excluding hydrogens is 192 g/mol. The number of aliphatic hydroxyl groups excluding tert-OH is 1. The number of ketones is 1. The summed E-state index contributed by atoms with van der Waals surface area (Å²) in [6.45, 7) is 4.40. The summed E-state index contributed by atoms with van der Waals surface area (Å²) in [6.07, 6.45) is 1.88. The number of Topliss-reactive ketones (excluding diaryl/α,β-unsaturated/α-hetero) is 1. The van der Waals surface area contributed by atoms with Gasteiger partial charge in [0.05, 0.1) is 6.61 Å². The number of nitrogens with one attached hydrogen (secondary N) is 1. The van der Waals surface area contributed by atoms with Crippen molar-refractivity contribution < 1.29 is 9.90 Å². The van der Waals surface area contributed by atoms with E-state index in [-0.39, 0.29) is 17.8 Å². The number of rotatable bonds is 3. The van der Waals surface area contributed by atoms with Crippen LogP contribution in [0.2, 0.25) is 0 Å². The van der Waals surface area contributed by atoms with E-state index in [0.717, 1.165) is 25.9 Å². The minimum Gasteiger partial charge on any atom is -0.394 e. The van der Waals surface area contributed by atoms with Crippen molar-refractivity contribution in [1.82, 2.24) is 10.2 Å². The Kier molecular flexibility index (Phi) is 2.61. The zero-order chi connectivity index (χ0) is 11.1. The van der Waals surface area contributed by atoms with Gasteiger partial charge in [-0.05, 0) is 19.9 Å². The topological polar surface area (TPSA) is 52.6 Å². The molecule has 0 aromatic carbocycles. The van der Waals surface area contributed by atoms with Gasteiger partial charge in [-0.1, -0.05) is 6.92 Å². The molecule has 1 unspecified atom stereocenters. The van der Waals surface area contributed by atoms with Gasteiger partial charge in [-0.2, -0.15) is 0 Å². The first kappa shape index (κ1) is 11.0. The number of carbonyl (C=O) groups is 1. The number of nitrogens with zero attached hydrogens (tertiary/aromatic N) is 1. The minimum absolute atomic E-state index is 0.0672. The molecule has 2 bridgehead atoms. The first-order valence-electron chi connectivity index (χ1n) is 5.64. The summed E-state index contributed by atoms with van der Waals surface area (Å²) in [7, 11) is 1.83. The van der Waals surface area contributed by atoms with Crippen LogP contribution in [0.25, 0.3) is 0 Å². The van der Waals surface area contributed by atoms with Crippen LogP contribution >= 0.6 is 0 Å². The van der Waals surface area contributed by atoms with Crippen molar-refractivity contribution in [3.05, 3.63) is 0 Å². The van der Waals surface area contributed by atoms with E-state index in [9.17, 15) is 9.90 Å². The van der Waals surface area contributed by atoms with E-state index >= 15 is 0 Å². The fraction of sp³-hybridized carbons (Fsp3) is 0.909. The summed E-state index contributed by atoms with van der Waals surface area (Å²) in [5, 5.41) is 12.6. The summed E-state index contributed by atoms with van der Waals surface area (Å²) in [4.78, 5) is 14.6. The van der Waals surface area contributed by atoms with Crippen LogP contribution in [0, 0.1) is 5.41 Å². The van der Waals surface area contributed by atoms with Crippen LogP contribution in [0.1, 0.15) is 19.8 Å². The fourth-order valence-corrected chi connectivity index (χ4v) is 3.07. The van der Waals surface area contributed by atoms with Crippen molar-refractivity contribution in [3.8, 4) is 0 Å². The third-order valence-electron chi connectivity index (χ3n) is 4.17. The van der Waals surface area contributed by atoms with Gasteiger partial charge in [0, 0.05) is 25.0 Å². The van der Waals surface area contributed by atoms with Crippen LogP contribution in [0.15, 0.2) is 0 Å². The maximum atomic E-state index is 12.4. The van der Waals surface area contributed by atoms with Gasteiger partial charge in [0.2, 0.25) is 0 Å². The largest absolute Gasteiger partial charge is 0.394 e. The summed E-state index contributed by atoms with van der Waals surface area (Å²) in [5.41, 5.74) is -0.853. The standard InChI is InChI=1S/C11H20N2O2/c1-10-3-5-13(6-4-10)11(8-14,7-12-2)9(10)15/h12,14H,3-8H2,1-2H3. The second-order valence-corrected chi connectivity index (χ2v) is 5.10. The Morgan fingerprint density at radius 3 is 2.53 bits per heavy atom. The van der Waals surface area contributed by atoms with Gasteiger partial charge in [0.1, 0.15) is 5.54 Å². The quantitative estimate of drug-likeness (QED) is 0.670. The van der Waals surface area contributed by atoms with E-state index in [1.807, 2.05) is 14.0 Å². The lowest BCUT2D eigenvalue weighted by Crippen LogP contribution is -2.73. The van der Waals surface area contributed by atoms with Gasteiger partial charge in [0.25, 0.3) is 0 Å². The second kappa shape index (κ2) is 3.54. The van der Waals surface area contributed by atoms with Crippen molar-refractivity contribution in [2.75, 3.05) is 33.3 Å². The van der Waals surface area contributed by atoms with Crippen LogP contribution in [0.3, 0.4) is 0 Å². The lowest BCUT2D eigenvalue weighted by molar-refractivity contribution is -0.162. The number of hydrogen-bond acceptors (Lipinski definition) is 4. The number of aliphatic hydroxyl groups is 1. The summed E-state index contributed by atoms with van der Waals surface area (Å²) in [5.74, 6) is 0.226. The molecule has 4 nitrogen and oxygen atoms in total.